The number of guanidine groups is 1. The molecule has 0 heterocycles. The zero-order chi connectivity index (χ0) is 17.7. The summed E-state index contributed by atoms with van der Waals surface area (Å²) < 4.78 is 0. The van der Waals surface area contributed by atoms with Crippen LogP contribution in [0.2, 0.25) is 0 Å². The minimum atomic E-state index is -0.0926. The highest BCUT2D eigenvalue weighted by atomic mass is 15.2. The van der Waals surface area contributed by atoms with Crippen LogP contribution in [0.5, 0.6) is 0 Å². The molecule has 2 aromatic rings. The molecule has 0 saturated heterocycles. The third-order valence-electron chi connectivity index (χ3n) is 2.58. The Morgan fingerprint density at radius 2 is 1.35 bits per heavy atom. The van der Waals surface area contributed by atoms with Crippen LogP contribution in [-0.2, 0) is 6.42 Å². The first-order chi connectivity index (χ1) is 10.9. The maximum Gasteiger partial charge on any atom is 0.208 e. The molecule has 23 heavy (non-hydrogen) atoms. The predicted octanol–water partition coefficient (Wildman–Crippen LogP) is 1.11. The van der Waals surface area contributed by atoms with E-state index in [9.17, 15) is 0 Å². The highest BCUT2D eigenvalue weighted by Crippen LogP contribution is 2.05. The molecule has 0 aliphatic carbocycles. The molecule has 2 aromatic carbocycles. The van der Waals surface area contributed by atoms with Crippen LogP contribution >= 0.6 is 0 Å². The number of nitriles is 1. The van der Waals surface area contributed by atoms with Crippen LogP contribution in [0.25, 0.3) is 0 Å². The lowest BCUT2D eigenvalue weighted by Gasteiger charge is -1.94. The van der Waals surface area contributed by atoms with Gasteiger partial charge in [-0.3, -0.25) is 0 Å². The standard InChI is InChI=1S/C8H11N.C7H6N2.CH6N4/c1-2-7-3-5-8(9)6-4-7;8-5-6-1-3-7(9)4-2-6;2-1(3)5-4/h3-6H,2,9H2,1H3;1-4H,9H2;4H2,(H4,2,3,5). The average Bonchev–Trinajstić information content (AvgIpc) is 2.57. The van der Waals surface area contributed by atoms with Crippen molar-refractivity contribution in [3.8, 4) is 6.07 Å². The molecular weight excluding hydrogens is 290 g/mol. The molecule has 0 aliphatic heterocycles. The molecule has 0 spiro atoms. The van der Waals surface area contributed by atoms with E-state index in [1.165, 1.54) is 5.56 Å². The monoisotopic (exact) mass is 313 g/mol. The largest absolute Gasteiger partial charge is 0.399 e. The summed E-state index contributed by atoms with van der Waals surface area (Å²) in [5.41, 5.74) is 23.8. The smallest absolute Gasteiger partial charge is 0.208 e. The first-order valence-electron chi connectivity index (χ1n) is 6.81. The first-order valence-corrected chi connectivity index (χ1v) is 6.81. The number of hydrazone groups is 1. The van der Waals surface area contributed by atoms with Gasteiger partial charge in [0.2, 0.25) is 5.96 Å². The molecule has 0 saturated carbocycles. The summed E-state index contributed by atoms with van der Waals surface area (Å²) >= 11 is 0. The fourth-order valence-corrected chi connectivity index (χ4v) is 1.31. The molecule has 0 fully saturated rings. The van der Waals surface area contributed by atoms with E-state index in [4.69, 9.17) is 28.2 Å². The minimum absolute atomic E-state index is 0.0926. The topological polar surface area (TPSA) is 166 Å². The van der Waals surface area contributed by atoms with Gasteiger partial charge in [0.1, 0.15) is 0 Å². The first kappa shape index (κ1) is 19.6. The highest BCUT2D eigenvalue weighted by molar-refractivity contribution is 5.75. The zero-order valence-electron chi connectivity index (χ0n) is 13.1. The van der Waals surface area contributed by atoms with Gasteiger partial charge >= 0.3 is 0 Å². The summed E-state index contributed by atoms with van der Waals surface area (Å²) in [6, 6.07) is 16.8. The summed E-state index contributed by atoms with van der Waals surface area (Å²) in [7, 11) is 0. The van der Waals surface area contributed by atoms with E-state index in [2.05, 4.69) is 30.0 Å². The second kappa shape index (κ2) is 11.3. The Bertz CT molecular complexity index is 621. The Labute approximate surface area is 136 Å². The fourth-order valence-electron chi connectivity index (χ4n) is 1.31. The van der Waals surface area contributed by atoms with Crippen molar-refractivity contribution in [2.75, 3.05) is 11.5 Å². The van der Waals surface area contributed by atoms with Gasteiger partial charge in [-0.15, -0.1) is 5.10 Å². The molecular formula is C16H23N7. The quantitative estimate of drug-likeness (QED) is 0.174. The Balaban J connectivity index is 0.000000332. The van der Waals surface area contributed by atoms with Gasteiger partial charge in [0, 0.05) is 11.4 Å². The Morgan fingerprint density at radius 1 is 0.957 bits per heavy atom. The summed E-state index contributed by atoms with van der Waals surface area (Å²) in [5.74, 6) is 4.42. The maximum atomic E-state index is 8.34. The van der Waals surface area contributed by atoms with Crippen LogP contribution in [0.4, 0.5) is 11.4 Å². The molecule has 0 bridgehead atoms. The van der Waals surface area contributed by atoms with E-state index in [1.807, 2.05) is 18.2 Å². The number of nitrogen functional groups attached to an aromatic ring is 2. The van der Waals surface area contributed by atoms with Gasteiger partial charge in [-0.1, -0.05) is 19.1 Å². The molecule has 122 valence electrons. The Morgan fingerprint density at radius 3 is 1.65 bits per heavy atom. The van der Waals surface area contributed by atoms with Gasteiger partial charge in [0.05, 0.1) is 11.6 Å². The van der Waals surface area contributed by atoms with Crippen molar-refractivity contribution in [1.82, 2.24) is 0 Å². The normalized spacial score (nSPS) is 8.35. The lowest BCUT2D eigenvalue weighted by molar-refractivity contribution is 1.14. The van der Waals surface area contributed by atoms with Gasteiger partial charge in [-0.05, 0) is 48.4 Å². The fraction of sp³-hybridized carbons (Fsp3) is 0.125. The zero-order valence-corrected chi connectivity index (χ0v) is 13.1. The molecule has 0 aliphatic rings. The van der Waals surface area contributed by atoms with E-state index in [1.54, 1.807) is 24.3 Å². The van der Waals surface area contributed by atoms with E-state index in [-0.39, 0.29) is 5.96 Å². The molecule has 0 atom stereocenters. The van der Waals surface area contributed by atoms with Crippen molar-refractivity contribution >= 4 is 17.3 Å². The molecule has 0 amide bonds. The number of benzene rings is 2. The maximum absolute atomic E-state index is 8.34. The van der Waals surface area contributed by atoms with E-state index >= 15 is 0 Å². The van der Waals surface area contributed by atoms with Crippen molar-refractivity contribution in [2.45, 2.75) is 13.3 Å². The van der Waals surface area contributed by atoms with Crippen LogP contribution in [0.3, 0.4) is 0 Å². The van der Waals surface area contributed by atoms with Crippen LogP contribution < -0.4 is 28.8 Å². The average molecular weight is 313 g/mol. The third-order valence-corrected chi connectivity index (χ3v) is 2.58. The number of hydrogen-bond acceptors (Lipinski definition) is 5. The number of nitrogens with zero attached hydrogens (tertiary/aromatic N) is 2. The summed E-state index contributed by atoms with van der Waals surface area (Å²) in [6.45, 7) is 2.13. The third kappa shape index (κ3) is 10.0. The number of aryl methyl sites for hydroxylation is 1. The van der Waals surface area contributed by atoms with Crippen molar-refractivity contribution in [1.29, 1.82) is 5.26 Å². The van der Waals surface area contributed by atoms with Crippen LogP contribution in [0, 0.1) is 11.3 Å². The van der Waals surface area contributed by atoms with Crippen molar-refractivity contribution in [2.24, 2.45) is 22.4 Å². The summed E-state index contributed by atoms with van der Waals surface area (Å²) in [6.07, 6.45) is 1.08. The van der Waals surface area contributed by atoms with Crippen molar-refractivity contribution < 1.29 is 0 Å². The summed E-state index contributed by atoms with van der Waals surface area (Å²) in [4.78, 5) is 0. The van der Waals surface area contributed by atoms with E-state index < -0.39 is 0 Å². The molecule has 7 nitrogen and oxygen atoms in total. The highest BCUT2D eigenvalue weighted by Gasteiger charge is 1.86. The molecule has 0 unspecified atom stereocenters. The van der Waals surface area contributed by atoms with Crippen LogP contribution in [0.1, 0.15) is 18.1 Å². The van der Waals surface area contributed by atoms with Crippen LogP contribution in [0.15, 0.2) is 53.6 Å². The second-order valence-electron chi connectivity index (χ2n) is 4.38. The second-order valence-corrected chi connectivity index (χ2v) is 4.38. The van der Waals surface area contributed by atoms with E-state index in [0.717, 1.165) is 12.1 Å². The number of anilines is 2. The van der Waals surface area contributed by atoms with Gasteiger partial charge in [-0.25, -0.2) is 0 Å². The SMILES string of the molecule is CCc1ccc(N)cc1.N#Cc1ccc(N)cc1.NN=C(N)N. The molecule has 2 rings (SSSR count). The van der Waals surface area contributed by atoms with Crippen LogP contribution in [-0.4, -0.2) is 5.96 Å². The molecule has 0 aromatic heterocycles. The van der Waals surface area contributed by atoms with Gasteiger partial charge in [0.15, 0.2) is 0 Å². The Kier molecular flexibility index (Phi) is 9.61. The minimum Gasteiger partial charge on any atom is -0.399 e. The lowest BCUT2D eigenvalue weighted by atomic mass is 10.2. The molecule has 7 heteroatoms. The summed E-state index contributed by atoms with van der Waals surface area (Å²) in [5, 5.41) is 11.2. The molecule has 0 radical (unpaired) electrons. The number of hydrogen-bond donors (Lipinski definition) is 5. The van der Waals surface area contributed by atoms with Gasteiger partial charge in [0.25, 0.3) is 0 Å². The van der Waals surface area contributed by atoms with Gasteiger partial charge < -0.3 is 28.8 Å². The lowest BCUT2D eigenvalue weighted by Crippen LogP contribution is -2.23. The number of rotatable bonds is 1. The van der Waals surface area contributed by atoms with Crippen molar-refractivity contribution in [3.63, 3.8) is 0 Å². The predicted molar refractivity (Wildman–Crippen MR) is 95.8 cm³/mol. The molecule has 10 N–H and O–H groups in total. The van der Waals surface area contributed by atoms with Crippen molar-refractivity contribution in [3.05, 3.63) is 59.7 Å². The van der Waals surface area contributed by atoms with Gasteiger partial charge in [-0.2, -0.15) is 5.26 Å². The van der Waals surface area contributed by atoms with E-state index in [0.29, 0.717) is 11.3 Å². The number of nitrogens with two attached hydrogens (primary N) is 5. The Hall–Kier alpha value is -3.40.